The summed E-state index contributed by atoms with van der Waals surface area (Å²) in [4.78, 5) is 27.7. The molecule has 0 saturated carbocycles. The molecule has 0 unspecified atom stereocenters. The Morgan fingerprint density at radius 2 is 1.94 bits per heavy atom. The SMILES string of the molecule is COc1cc(-n2nc(-c3c(F)cccc3Cl)[nH]c2=O)ccc1C(=O)Nc1ccc(F)c(CF)c1. The average molecular weight is 489 g/mol. The van der Waals surface area contributed by atoms with Crippen LogP contribution in [0.1, 0.15) is 15.9 Å². The van der Waals surface area contributed by atoms with Crippen molar-refractivity contribution in [3.63, 3.8) is 0 Å². The van der Waals surface area contributed by atoms with Gasteiger partial charge >= 0.3 is 5.69 Å². The average Bonchev–Trinajstić information content (AvgIpc) is 3.20. The summed E-state index contributed by atoms with van der Waals surface area (Å²) < 4.78 is 46.9. The number of carbonyl (C=O) groups excluding carboxylic acids is 1. The number of H-pyrrole nitrogens is 1. The fourth-order valence-electron chi connectivity index (χ4n) is 3.29. The number of hydrogen-bond acceptors (Lipinski definition) is 4. The molecule has 1 amide bonds. The van der Waals surface area contributed by atoms with Gasteiger partial charge in [-0.1, -0.05) is 17.7 Å². The molecule has 0 aliphatic rings. The summed E-state index contributed by atoms with van der Waals surface area (Å²) >= 11 is 6.05. The Labute approximate surface area is 195 Å². The Morgan fingerprint density at radius 3 is 2.65 bits per heavy atom. The molecule has 0 aliphatic heterocycles. The molecule has 0 spiro atoms. The van der Waals surface area contributed by atoms with Crippen LogP contribution in [-0.2, 0) is 6.67 Å². The van der Waals surface area contributed by atoms with Gasteiger partial charge in [-0.05, 0) is 42.5 Å². The van der Waals surface area contributed by atoms with Crippen LogP contribution in [0.25, 0.3) is 17.1 Å². The van der Waals surface area contributed by atoms with Gasteiger partial charge < -0.3 is 10.1 Å². The molecular formula is C23H16ClF3N4O3. The second-order valence-electron chi connectivity index (χ2n) is 7.07. The van der Waals surface area contributed by atoms with Crippen LogP contribution in [0.4, 0.5) is 18.9 Å². The molecule has 0 bridgehead atoms. The van der Waals surface area contributed by atoms with E-state index in [1.165, 1.54) is 55.6 Å². The van der Waals surface area contributed by atoms with Gasteiger partial charge in [0, 0.05) is 17.3 Å². The Kier molecular flexibility index (Phi) is 6.42. The quantitative estimate of drug-likeness (QED) is 0.404. The summed E-state index contributed by atoms with van der Waals surface area (Å²) in [7, 11) is 1.33. The summed E-state index contributed by atoms with van der Waals surface area (Å²) in [5.74, 6) is -1.96. The highest BCUT2D eigenvalue weighted by Crippen LogP contribution is 2.28. The van der Waals surface area contributed by atoms with Crippen molar-refractivity contribution in [2.45, 2.75) is 6.67 Å². The van der Waals surface area contributed by atoms with Crippen molar-refractivity contribution >= 4 is 23.2 Å². The van der Waals surface area contributed by atoms with E-state index in [9.17, 15) is 22.8 Å². The van der Waals surface area contributed by atoms with Crippen molar-refractivity contribution in [2.24, 2.45) is 0 Å². The minimum atomic E-state index is -1.02. The lowest BCUT2D eigenvalue weighted by Crippen LogP contribution is -2.17. The molecular weight excluding hydrogens is 473 g/mol. The minimum Gasteiger partial charge on any atom is -0.496 e. The maximum atomic E-state index is 14.2. The lowest BCUT2D eigenvalue weighted by Gasteiger charge is -2.11. The number of nitrogens with zero attached hydrogens (tertiary/aromatic N) is 2. The minimum absolute atomic E-state index is 0.0603. The van der Waals surface area contributed by atoms with E-state index in [4.69, 9.17) is 16.3 Å². The van der Waals surface area contributed by atoms with Crippen molar-refractivity contribution < 1.29 is 22.7 Å². The first-order chi connectivity index (χ1) is 16.3. The maximum Gasteiger partial charge on any atom is 0.348 e. The van der Waals surface area contributed by atoms with Crippen LogP contribution in [-0.4, -0.2) is 27.8 Å². The molecule has 0 saturated heterocycles. The lowest BCUT2D eigenvalue weighted by molar-refractivity contribution is 0.102. The number of nitrogens with one attached hydrogen (secondary N) is 2. The van der Waals surface area contributed by atoms with Crippen molar-refractivity contribution in [3.8, 4) is 22.8 Å². The lowest BCUT2D eigenvalue weighted by atomic mass is 10.1. The molecule has 0 radical (unpaired) electrons. The number of hydrogen-bond donors (Lipinski definition) is 2. The standard InChI is InChI=1S/C23H16ClF3N4O3/c1-34-19-10-14(31-23(33)29-21(30-31)20-16(24)3-2-4-18(20)27)6-7-15(19)22(32)28-13-5-8-17(26)12(9-13)11-25/h2-10H,11H2,1H3,(H,28,32)(H,29,30,33). The zero-order valence-electron chi connectivity index (χ0n) is 17.5. The number of amides is 1. The third kappa shape index (κ3) is 4.40. The predicted octanol–water partition coefficient (Wildman–Crippen LogP) is 4.89. The molecule has 0 atom stereocenters. The first-order valence-electron chi connectivity index (χ1n) is 9.80. The molecule has 1 heterocycles. The summed E-state index contributed by atoms with van der Waals surface area (Å²) in [6, 6.07) is 11.8. The molecule has 4 aromatic rings. The number of rotatable bonds is 6. The number of alkyl halides is 1. The Morgan fingerprint density at radius 1 is 1.15 bits per heavy atom. The first-order valence-corrected chi connectivity index (χ1v) is 10.2. The molecule has 34 heavy (non-hydrogen) atoms. The van der Waals surface area contributed by atoms with Crippen LogP contribution in [0.2, 0.25) is 5.02 Å². The van der Waals surface area contributed by atoms with E-state index in [0.717, 1.165) is 10.7 Å². The van der Waals surface area contributed by atoms with Gasteiger partial charge in [-0.2, -0.15) is 4.68 Å². The van der Waals surface area contributed by atoms with E-state index in [1.54, 1.807) is 0 Å². The van der Waals surface area contributed by atoms with Gasteiger partial charge in [0.2, 0.25) is 0 Å². The highest BCUT2D eigenvalue weighted by atomic mass is 35.5. The second kappa shape index (κ2) is 9.44. The highest BCUT2D eigenvalue weighted by Gasteiger charge is 2.19. The fraction of sp³-hybridized carbons (Fsp3) is 0.0870. The molecule has 0 fully saturated rings. The van der Waals surface area contributed by atoms with Gasteiger partial charge in [-0.25, -0.2) is 18.0 Å². The molecule has 0 aliphatic carbocycles. The van der Waals surface area contributed by atoms with Crippen LogP contribution in [0.5, 0.6) is 5.75 Å². The number of anilines is 1. The number of benzene rings is 3. The number of carbonyl (C=O) groups is 1. The van der Waals surface area contributed by atoms with Crippen molar-refractivity contribution in [1.29, 1.82) is 0 Å². The summed E-state index contributed by atoms with van der Waals surface area (Å²) in [6.07, 6.45) is 0. The van der Waals surface area contributed by atoms with E-state index in [0.29, 0.717) is 0 Å². The Hall–Kier alpha value is -4.05. The number of ether oxygens (including phenoxy) is 1. The second-order valence-corrected chi connectivity index (χ2v) is 7.47. The molecule has 1 aromatic heterocycles. The van der Waals surface area contributed by atoms with Gasteiger partial charge in [0.25, 0.3) is 5.91 Å². The number of aromatic amines is 1. The van der Waals surface area contributed by atoms with Crippen LogP contribution < -0.4 is 15.7 Å². The molecule has 174 valence electrons. The van der Waals surface area contributed by atoms with Gasteiger partial charge in [0.15, 0.2) is 5.82 Å². The zero-order chi connectivity index (χ0) is 24.4. The molecule has 11 heteroatoms. The van der Waals surface area contributed by atoms with Gasteiger partial charge in [0.05, 0.1) is 28.9 Å². The van der Waals surface area contributed by atoms with Crippen LogP contribution in [0.15, 0.2) is 59.4 Å². The number of halogens is 4. The molecule has 7 nitrogen and oxygen atoms in total. The smallest absolute Gasteiger partial charge is 0.348 e. The topological polar surface area (TPSA) is 89.0 Å². The third-order valence-electron chi connectivity index (χ3n) is 4.94. The van der Waals surface area contributed by atoms with Crippen molar-refractivity contribution in [3.05, 3.63) is 92.9 Å². The van der Waals surface area contributed by atoms with E-state index in [1.807, 2.05) is 0 Å². The van der Waals surface area contributed by atoms with E-state index >= 15 is 0 Å². The van der Waals surface area contributed by atoms with Crippen molar-refractivity contribution in [1.82, 2.24) is 14.8 Å². The third-order valence-corrected chi connectivity index (χ3v) is 5.25. The van der Waals surface area contributed by atoms with E-state index in [-0.39, 0.29) is 44.7 Å². The normalized spacial score (nSPS) is 10.9. The van der Waals surface area contributed by atoms with Gasteiger partial charge in [0.1, 0.15) is 24.1 Å². The number of methoxy groups -OCH3 is 1. The van der Waals surface area contributed by atoms with Gasteiger partial charge in [-0.3, -0.25) is 9.78 Å². The van der Waals surface area contributed by atoms with E-state index in [2.05, 4.69) is 15.4 Å². The predicted molar refractivity (Wildman–Crippen MR) is 120 cm³/mol. The van der Waals surface area contributed by atoms with Crippen LogP contribution >= 0.6 is 11.6 Å². The molecule has 2 N–H and O–H groups in total. The first kappa shape index (κ1) is 23.1. The monoisotopic (exact) mass is 488 g/mol. The van der Waals surface area contributed by atoms with E-state index < -0.39 is 29.9 Å². The van der Waals surface area contributed by atoms with Crippen LogP contribution in [0, 0.1) is 11.6 Å². The Bertz CT molecular complexity index is 1430. The molecule has 4 rings (SSSR count). The highest BCUT2D eigenvalue weighted by molar-refractivity contribution is 6.33. The summed E-state index contributed by atoms with van der Waals surface area (Å²) in [5.41, 5.74) is -0.398. The fourth-order valence-corrected chi connectivity index (χ4v) is 3.54. The van der Waals surface area contributed by atoms with Crippen molar-refractivity contribution in [2.75, 3.05) is 12.4 Å². The summed E-state index contributed by atoms with van der Waals surface area (Å²) in [6.45, 7) is -1.02. The Balaban J connectivity index is 1.66. The molecule has 3 aromatic carbocycles. The zero-order valence-corrected chi connectivity index (χ0v) is 18.3. The maximum absolute atomic E-state index is 14.2. The van der Waals surface area contributed by atoms with Gasteiger partial charge in [-0.15, -0.1) is 5.10 Å². The summed E-state index contributed by atoms with van der Waals surface area (Å²) in [5, 5.41) is 6.73. The largest absolute Gasteiger partial charge is 0.496 e. The van der Waals surface area contributed by atoms with Crippen LogP contribution in [0.3, 0.4) is 0 Å². The number of aromatic nitrogens is 3.